The molecular weight excluding hydrogens is 270 g/mol. The Morgan fingerprint density at radius 3 is 2.90 bits per heavy atom. The molecule has 20 heavy (non-hydrogen) atoms. The third kappa shape index (κ3) is 3.01. The number of nitrogens with zero attached hydrogens (tertiary/aromatic N) is 1. The highest BCUT2D eigenvalue weighted by atomic mass is 16.7. The highest BCUT2D eigenvalue weighted by molar-refractivity contribution is 5.95. The molecule has 1 aromatic rings. The Morgan fingerprint density at radius 1 is 1.50 bits per heavy atom. The van der Waals surface area contributed by atoms with Gasteiger partial charge in [0.1, 0.15) is 5.69 Å². The topological polar surface area (TPSA) is 131 Å². The van der Waals surface area contributed by atoms with Crippen molar-refractivity contribution in [2.24, 2.45) is 0 Å². The van der Waals surface area contributed by atoms with E-state index in [0.29, 0.717) is 18.5 Å². The first-order valence-corrected chi connectivity index (χ1v) is 5.68. The van der Waals surface area contributed by atoms with Crippen molar-refractivity contribution in [3.8, 4) is 0 Å². The molecule has 0 atom stereocenters. The fourth-order valence-electron chi connectivity index (χ4n) is 1.83. The van der Waals surface area contributed by atoms with Gasteiger partial charge in [0.05, 0.1) is 10.6 Å². The van der Waals surface area contributed by atoms with E-state index >= 15 is 0 Å². The number of carbonyl (C=O) groups is 2. The zero-order valence-corrected chi connectivity index (χ0v) is 10.2. The van der Waals surface area contributed by atoms with Crippen molar-refractivity contribution in [2.45, 2.75) is 12.8 Å². The van der Waals surface area contributed by atoms with Gasteiger partial charge in [-0.2, -0.15) is 0 Å². The Labute approximate surface area is 112 Å². The van der Waals surface area contributed by atoms with Gasteiger partial charge in [-0.3, -0.25) is 25.2 Å². The van der Waals surface area contributed by atoms with Crippen molar-refractivity contribution in [3.63, 3.8) is 0 Å². The van der Waals surface area contributed by atoms with Crippen LogP contribution in [0.5, 0.6) is 0 Å². The van der Waals surface area contributed by atoms with E-state index < -0.39 is 17.5 Å². The molecule has 1 heterocycles. The first-order valence-electron chi connectivity index (χ1n) is 5.68. The van der Waals surface area contributed by atoms with E-state index in [-0.39, 0.29) is 17.3 Å². The van der Waals surface area contributed by atoms with Crippen LogP contribution >= 0.6 is 0 Å². The number of aliphatic carboxylic acids is 1. The number of hydrogen-bond acceptors (Lipinski definition) is 6. The number of aryl methyl sites for hydroxylation is 1. The van der Waals surface area contributed by atoms with Crippen molar-refractivity contribution in [2.75, 3.05) is 17.4 Å². The number of carboxylic acids is 1. The van der Waals surface area contributed by atoms with Crippen LogP contribution in [-0.2, 0) is 20.8 Å². The Bertz CT molecular complexity index is 586. The molecule has 9 heteroatoms. The van der Waals surface area contributed by atoms with Crippen LogP contribution in [0.4, 0.5) is 17.1 Å². The van der Waals surface area contributed by atoms with Crippen molar-refractivity contribution >= 4 is 28.9 Å². The molecule has 0 spiro atoms. The van der Waals surface area contributed by atoms with E-state index in [4.69, 9.17) is 5.11 Å². The van der Waals surface area contributed by atoms with E-state index in [1.54, 1.807) is 0 Å². The minimum Gasteiger partial charge on any atom is -0.479 e. The van der Waals surface area contributed by atoms with Crippen LogP contribution in [-0.4, -0.2) is 28.5 Å². The molecule has 1 amide bonds. The smallest absolute Gasteiger partial charge is 0.332 e. The lowest BCUT2D eigenvalue weighted by Gasteiger charge is -2.18. The monoisotopic (exact) mass is 281 g/mol. The highest BCUT2D eigenvalue weighted by Crippen LogP contribution is 2.34. The second-order valence-electron chi connectivity index (χ2n) is 4.12. The maximum absolute atomic E-state index is 11.3. The summed E-state index contributed by atoms with van der Waals surface area (Å²) in [5.41, 5.74) is 3.10. The van der Waals surface area contributed by atoms with Crippen LogP contribution in [0.25, 0.3) is 0 Å². The van der Waals surface area contributed by atoms with Gasteiger partial charge in [-0.05, 0) is 18.1 Å². The number of anilines is 2. The van der Waals surface area contributed by atoms with Crippen molar-refractivity contribution in [3.05, 3.63) is 27.8 Å². The molecule has 0 fully saturated rings. The molecule has 0 saturated carbocycles. The molecule has 0 saturated heterocycles. The van der Waals surface area contributed by atoms with E-state index in [9.17, 15) is 19.7 Å². The molecule has 1 aliphatic rings. The van der Waals surface area contributed by atoms with Crippen LogP contribution in [0, 0.1) is 10.1 Å². The largest absolute Gasteiger partial charge is 0.479 e. The number of nitrogens with one attached hydrogen (secondary N) is 2. The molecule has 0 unspecified atom stereocenters. The third-order valence-electron chi connectivity index (χ3n) is 2.69. The molecule has 0 bridgehead atoms. The zero-order valence-electron chi connectivity index (χ0n) is 10.2. The lowest BCUT2D eigenvalue weighted by atomic mass is 10.0. The average Bonchev–Trinajstić information content (AvgIpc) is 2.37. The van der Waals surface area contributed by atoms with Crippen molar-refractivity contribution in [1.29, 1.82) is 0 Å². The summed E-state index contributed by atoms with van der Waals surface area (Å²) in [6, 6.07) is 2.69. The molecule has 0 radical (unpaired) electrons. The van der Waals surface area contributed by atoms with Crippen LogP contribution in [0.1, 0.15) is 12.0 Å². The van der Waals surface area contributed by atoms with E-state index in [0.717, 1.165) is 5.56 Å². The molecule has 106 valence electrons. The normalized spacial score (nSPS) is 13.3. The first kappa shape index (κ1) is 13.7. The quantitative estimate of drug-likeness (QED) is 0.540. The Balaban J connectivity index is 2.27. The minimum absolute atomic E-state index is 0.0474. The number of fused-ring (bicyclic) bond motifs is 1. The molecule has 3 N–H and O–H groups in total. The van der Waals surface area contributed by atoms with E-state index in [1.165, 1.54) is 12.1 Å². The van der Waals surface area contributed by atoms with E-state index in [2.05, 4.69) is 15.6 Å². The first-order chi connectivity index (χ1) is 9.47. The molecular formula is C11H11N3O6. The van der Waals surface area contributed by atoms with Gasteiger partial charge in [0.15, 0.2) is 6.61 Å². The lowest BCUT2D eigenvalue weighted by molar-refractivity contribution is -0.384. The molecule has 0 aromatic heterocycles. The zero-order chi connectivity index (χ0) is 14.7. The summed E-state index contributed by atoms with van der Waals surface area (Å²) in [6.45, 7) is -0.634. The second kappa shape index (κ2) is 5.53. The van der Waals surface area contributed by atoms with Gasteiger partial charge in [0.2, 0.25) is 5.91 Å². The maximum Gasteiger partial charge on any atom is 0.332 e. The predicted molar refractivity (Wildman–Crippen MR) is 67.3 cm³/mol. The van der Waals surface area contributed by atoms with Crippen LogP contribution in [0.2, 0.25) is 0 Å². The standard InChI is InChI=1S/C11H11N3O6/c15-10-2-1-6-3-8(13-20-5-11(16)17)9(14(18)19)4-7(6)12-10/h3-4,13H,1-2,5H2,(H,12,15)(H,16,17). The van der Waals surface area contributed by atoms with Gasteiger partial charge in [0, 0.05) is 12.5 Å². The van der Waals surface area contributed by atoms with Gasteiger partial charge in [-0.25, -0.2) is 4.79 Å². The minimum atomic E-state index is -1.20. The summed E-state index contributed by atoms with van der Waals surface area (Å²) in [4.78, 5) is 36.5. The summed E-state index contributed by atoms with van der Waals surface area (Å²) in [7, 11) is 0. The number of rotatable bonds is 5. The van der Waals surface area contributed by atoms with Gasteiger partial charge >= 0.3 is 5.97 Å². The van der Waals surface area contributed by atoms with Gasteiger partial charge in [-0.1, -0.05) is 0 Å². The molecule has 9 nitrogen and oxygen atoms in total. The molecule has 1 aliphatic heterocycles. The molecule has 0 aliphatic carbocycles. The number of benzene rings is 1. The van der Waals surface area contributed by atoms with E-state index in [1.807, 2.05) is 0 Å². The lowest BCUT2D eigenvalue weighted by Crippen LogP contribution is -2.20. The second-order valence-corrected chi connectivity index (χ2v) is 4.12. The third-order valence-corrected chi connectivity index (χ3v) is 2.69. The Morgan fingerprint density at radius 2 is 2.25 bits per heavy atom. The van der Waals surface area contributed by atoms with Gasteiger partial charge in [0.25, 0.3) is 5.69 Å². The van der Waals surface area contributed by atoms with Crippen molar-refractivity contribution < 1.29 is 24.5 Å². The summed E-state index contributed by atoms with van der Waals surface area (Å²) in [5.74, 6) is -1.40. The number of carboxylic acid groups (broad SMARTS) is 1. The molecule has 2 rings (SSSR count). The Kier molecular flexibility index (Phi) is 3.80. The fraction of sp³-hybridized carbons (Fsp3) is 0.273. The Hall–Kier alpha value is -2.68. The number of carbonyl (C=O) groups excluding carboxylic acids is 1. The van der Waals surface area contributed by atoms with Gasteiger partial charge in [-0.15, -0.1) is 0 Å². The van der Waals surface area contributed by atoms with Crippen LogP contribution < -0.4 is 10.8 Å². The number of amides is 1. The number of hydrogen-bond donors (Lipinski definition) is 3. The number of nitro groups is 1. The summed E-state index contributed by atoms with van der Waals surface area (Å²) < 4.78 is 0. The summed E-state index contributed by atoms with van der Waals surface area (Å²) in [5, 5.41) is 22.0. The predicted octanol–water partition coefficient (Wildman–Crippen LogP) is 0.908. The summed E-state index contributed by atoms with van der Waals surface area (Å²) >= 11 is 0. The van der Waals surface area contributed by atoms with Crippen molar-refractivity contribution in [1.82, 2.24) is 0 Å². The highest BCUT2D eigenvalue weighted by Gasteiger charge is 2.22. The fourth-order valence-corrected chi connectivity index (χ4v) is 1.83. The van der Waals surface area contributed by atoms with Crippen LogP contribution in [0.3, 0.4) is 0 Å². The molecule has 1 aromatic carbocycles. The maximum atomic E-state index is 11.3. The SMILES string of the molecule is O=C(O)CONc1cc2c(cc1[N+](=O)[O-])NC(=O)CC2. The van der Waals surface area contributed by atoms with Crippen LogP contribution in [0.15, 0.2) is 12.1 Å². The average molecular weight is 281 g/mol. The number of nitro benzene ring substituents is 1. The summed E-state index contributed by atoms with van der Waals surface area (Å²) in [6.07, 6.45) is 0.743. The van der Waals surface area contributed by atoms with Gasteiger partial charge < -0.3 is 10.4 Å².